The van der Waals surface area contributed by atoms with Crippen molar-refractivity contribution in [2.45, 2.75) is 24.9 Å². The first kappa shape index (κ1) is 27.3. The normalized spacial score (nSPS) is 12.2. The van der Waals surface area contributed by atoms with Gasteiger partial charge < -0.3 is 14.0 Å². The van der Waals surface area contributed by atoms with Gasteiger partial charge in [-0.2, -0.15) is 9.30 Å². The van der Waals surface area contributed by atoms with E-state index < -0.39 is 15.9 Å². The number of thiazole rings is 1. The maximum Gasteiger partial charge on any atom is 0.279 e. The minimum Gasteiger partial charge on any atom is -0.493 e. The highest BCUT2D eigenvalue weighted by atomic mass is 32.2. The van der Waals surface area contributed by atoms with Crippen molar-refractivity contribution in [3.8, 4) is 11.5 Å². The minimum absolute atomic E-state index is 0.120. The number of carbonyl (C=O) groups is 1. The van der Waals surface area contributed by atoms with Crippen molar-refractivity contribution in [3.05, 3.63) is 95.3 Å². The number of hydrogen-bond donors (Lipinski definition) is 0. The molecule has 8 nitrogen and oxygen atoms in total. The van der Waals surface area contributed by atoms with Crippen LogP contribution in [0.15, 0.2) is 89.3 Å². The van der Waals surface area contributed by atoms with Crippen LogP contribution in [0.2, 0.25) is 0 Å². The fourth-order valence-corrected chi connectivity index (χ4v) is 6.50. The number of amides is 1. The zero-order chi connectivity index (χ0) is 27.3. The van der Waals surface area contributed by atoms with Crippen molar-refractivity contribution in [2.24, 2.45) is 4.99 Å². The number of aromatic nitrogens is 1. The summed E-state index contributed by atoms with van der Waals surface area (Å²) < 4.78 is 41.5. The van der Waals surface area contributed by atoms with Crippen LogP contribution in [0.25, 0.3) is 10.2 Å². The van der Waals surface area contributed by atoms with Gasteiger partial charge in [-0.15, -0.1) is 6.58 Å². The maximum atomic E-state index is 13.2. The first-order chi connectivity index (χ1) is 18.3. The lowest BCUT2D eigenvalue weighted by molar-refractivity contribution is 0.0997. The standard InChI is InChI=1S/C28H29N3O5S2/c1-5-16-31-23-17-24(35-3)25(36-4)18-26(23)37-28(31)29-27(32)21-12-14-22(15-13-21)38(33,34)30(6-2)19-20-10-8-7-9-11-20/h5,7-15,17-18H,1,6,16,19H2,2-4H3. The predicted octanol–water partition coefficient (Wildman–Crippen LogP) is 4.86. The number of nitrogens with zero attached hydrogens (tertiary/aromatic N) is 3. The van der Waals surface area contributed by atoms with E-state index in [0.717, 1.165) is 15.8 Å². The van der Waals surface area contributed by atoms with Gasteiger partial charge in [-0.1, -0.05) is 54.7 Å². The summed E-state index contributed by atoms with van der Waals surface area (Å²) in [5, 5.41) is 0. The number of carbonyl (C=O) groups excluding carboxylic acids is 1. The van der Waals surface area contributed by atoms with E-state index in [1.807, 2.05) is 47.0 Å². The van der Waals surface area contributed by atoms with Gasteiger partial charge in [-0.3, -0.25) is 4.79 Å². The van der Waals surface area contributed by atoms with Crippen molar-refractivity contribution in [1.29, 1.82) is 0 Å². The van der Waals surface area contributed by atoms with Crippen LogP contribution in [0.3, 0.4) is 0 Å². The number of methoxy groups -OCH3 is 2. The van der Waals surface area contributed by atoms with Gasteiger partial charge in [-0.25, -0.2) is 8.42 Å². The average Bonchev–Trinajstić information content (AvgIpc) is 3.26. The van der Waals surface area contributed by atoms with E-state index in [4.69, 9.17) is 9.47 Å². The van der Waals surface area contributed by atoms with E-state index >= 15 is 0 Å². The fourth-order valence-electron chi connectivity index (χ4n) is 4.01. The van der Waals surface area contributed by atoms with E-state index in [0.29, 0.717) is 29.4 Å². The molecule has 0 unspecified atom stereocenters. The average molecular weight is 552 g/mol. The molecule has 4 rings (SSSR count). The van der Waals surface area contributed by atoms with Crippen LogP contribution in [0.5, 0.6) is 11.5 Å². The molecule has 0 atom stereocenters. The van der Waals surface area contributed by atoms with Gasteiger partial charge in [0.2, 0.25) is 10.0 Å². The maximum absolute atomic E-state index is 13.2. The number of allylic oxidation sites excluding steroid dienone is 1. The van der Waals surface area contributed by atoms with E-state index in [1.165, 1.54) is 39.9 Å². The summed E-state index contributed by atoms with van der Waals surface area (Å²) in [6.45, 7) is 6.63. The Hall–Kier alpha value is -3.73. The smallest absolute Gasteiger partial charge is 0.279 e. The third kappa shape index (κ3) is 5.57. The second-order valence-electron chi connectivity index (χ2n) is 8.32. The van der Waals surface area contributed by atoms with E-state index in [9.17, 15) is 13.2 Å². The third-order valence-electron chi connectivity index (χ3n) is 5.99. The molecule has 3 aromatic carbocycles. The summed E-state index contributed by atoms with van der Waals surface area (Å²) in [5.41, 5.74) is 2.02. The monoisotopic (exact) mass is 551 g/mol. The minimum atomic E-state index is -3.74. The number of sulfonamides is 1. The van der Waals surface area contributed by atoms with Crippen LogP contribution >= 0.6 is 11.3 Å². The Balaban J connectivity index is 1.65. The molecule has 10 heteroatoms. The van der Waals surface area contributed by atoms with Crippen LogP contribution in [-0.4, -0.2) is 44.0 Å². The summed E-state index contributed by atoms with van der Waals surface area (Å²) in [4.78, 5) is 18.0. The molecule has 0 aliphatic rings. The Morgan fingerprint density at radius 1 is 1.05 bits per heavy atom. The summed E-state index contributed by atoms with van der Waals surface area (Å²) in [5.74, 6) is 0.669. The largest absolute Gasteiger partial charge is 0.493 e. The molecule has 0 N–H and O–H groups in total. The lowest BCUT2D eigenvalue weighted by Crippen LogP contribution is -2.30. The number of ether oxygens (including phenoxy) is 2. The molecule has 38 heavy (non-hydrogen) atoms. The molecule has 1 aromatic heterocycles. The molecule has 0 bridgehead atoms. The first-order valence-electron chi connectivity index (χ1n) is 11.9. The quantitative estimate of drug-likeness (QED) is 0.263. The van der Waals surface area contributed by atoms with Gasteiger partial charge in [0, 0.05) is 37.3 Å². The van der Waals surface area contributed by atoms with E-state index in [2.05, 4.69) is 11.6 Å². The molecule has 1 amide bonds. The lowest BCUT2D eigenvalue weighted by Gasteiger charge is -2.20. The Morgan fingerprint density at radius 3 is 2.32 bits per heavy atom. The Kier molecular flexibility index (Phi) is 8.45. The predicted molar refractivity (Wildman–Crippen MR) is 149 cm³/mol. The second kappa shape index (κ2) is 11.8. The van der Waals surface area contributed by atoms with Gasteiger partial charge in [0.25, 0.3) is 5.91 Å². The van der Waals surface area contributed by atoms with Crippen LogP contribution in [0.1, 0.15) is 22.8 Å². The fraction of sp³-hybridized carbons (Fsp3) is 0.214. The molecule has 1 heterocycles. The molecule has 0 aliphatic carbocycles. The molecular formula is C28H29N3O5S2. The van der Waals surface area contributed by atoms with Gasteiger partial charge in [0.15, 0.2) is 16.3 Å². The van der Waals surface area contributed by atoms with Crippen molar-refractivity contribution in [2.75, 3.05) is 20.8 Å². The summed E-state index contributed by atoms with van der Waals surface area (Å²) in [6, 6.07) is 19.0. The van der Waals surface area contributed by atoms with Crippen LogP contribution in [0, 0.1) is 0 Å². The molecule has 0 aliphatic heterocycles. The molecule has 0 saturated heterocycles. The Labute approximate surface area is 226 Å². The summed E-state index contributed by atoms with van der Waals surface area (Å²) in [6.07, 6.45) is 1.72. The molecule has 0 saturated carbocycles. The molecular weight excluding hydrogens is 522 g/mol. The molecule has 0 radical (unpaired) electrons. The topological polar surface area (TPSA) is 90.2 Å². The van der Waals surface area contributed by atoms with Crippen molar-refractivity contribution < 1.29 is 22.7 Å². The molecule has 0 fully saturated rings. The van der Waals surface area contributed by atoms with E-state index in [1.54, 1.807) is 27.2 Å². The molecule has 0 spiro atoms. The summed E-state index contributed by atoms with van der Waals surface area (Å²) >= 11 is 1.34. The first-order valence-corrected chi connectivity index (χ1v) is 14.2. The van der Waals surface area contributed by atoms with Gasteiger partial charge in [0.05, 0.1) is 29.3 Å². The van der Waals surface area contributed by atoms with Crippen molar-refractivity contribution in [1.82, 2.24) is 8.87 Å². The SMILES string of the molecule is C=CCn1c(=NC(=O)c2ccc(S(=O)(=O)N(CC)Cc3ccccc3)cc2)sc2cc(OC)c(OC)cc21. The van der Waals surface area contributed by atoms with Crippen molar-refractivity contribution in [3.63, 3.8) is 0 Å². The van der Waals surface area contributed by atoms with Crippen LogP contribution in [-0.2, 0) is 23.1 Å². The number of fused-ring (bicyclic) bond motifs is 1. The number of benzene rings is 3. The van der Waals surface area contributed by atoms with Gasteiger partial charge in [0.1, 0.15) is 0 Å². The van der Waals surface area contributed by atoms with Crippen LogP contribution in [0.4, 0.5) is 0 Å². The van der Waals surface area contributed by atoms with Gasteiger partial charge >= 0.3 is 0 Å². The van der Waals surface area contributed by atoms with E-state index in [-0.39, 0.29) is 17.0 Å². The molecule has 198 valence electrons. The number of hydrogen-bond acceptors (Lipinski definition) is 6. The molecule has 4 aromatic rings. The highest BCUT2D eigenvalue weighted by molar-refractivity contribution is 7.89. The Morgan fingerprint density at radius 2 is 1.71 bits per heavy atom. The Bertz CT molecular complexity index is 1620. The number of rotatable bonds is 10. The van der Waals surface area contributed by atoms with Crippen molar-refractivity contribution >= 4 is 37.5 Å². The van der Waals surface area contributed by atoms with Gasteiger partial charge in [-0.05, 0) is 29.8 Å². The second-order valence-corrected chi connectivity index (χ2v) is 11.3. The highest BCUT2D eigenvalue weighted by Crippen LogP contribution is 2.33. The zero-order valence-electron chi connectivity index (χ0n) is 21.5. The zero-order valence-corrected chi connectivity index (χ0v) is 23.1. The lowest BCUT2D eigenvalue weighted by atomic mass is 10.2. The van der Waals surface area contributed by atoms with Crippen LogP contribution < -0.4 is 14.3 Å². The highest BCUT2D eigenvalue weighted by Gasteiger charge is 2.23. The third-order valence-corrected chi connectivity index (χ3v) is 8.97. The summed E-state index contributed by atoms with van der Waals surface area (Å²) in [7, 11) is -0.613.